The van der Waals surface area contributed by atoms with Crippen molar-refractivity contribution >= 4 is 25.0 Å². The first-order valence-electron chi connectivity index (χ1n) is 14.2. The first-order valence-corrected chi connectivity index (χ1v) is 24.4. The average molecular weight is 523 g/mol. The van der Waals surface area contributed by atoms with Crippen LogP contribution in [0.4, 0.5) is 0 Å². The molecule has 4 aliphatic carbocycles. The van der Waals surface area contributed by atoms with Crippen molar-refractivity contribution in [2.24, 2.45) is 34.5 Å². The fraction of sp³-hybridized carbons (Fsp3) is 0.929. The van der Waals surface area contributed by atoms with Gasteiger partial charge >= 0.3 is 0 Å². The second-order valence-corrected chi connectivity index (χ2v) is 29.0. The van der Waals surface area contributed by atoms with Crippen LogP contribution in [0.25, 0.3) is 0 Å². The van der Waals surface area contributed by atoms with E-state index in [1.807, 2.05) is 0 Å². The summed E-state index contributed by atoms with van der Waals surface area (Å²) in [6, 6.07) is 0. The van der Waals surface area contributed by atoms with Gasteiger partial charge in [0, 0.05) is 17.6 Å². The van der Waals surface area contributed by atoms with Crippen LogP contribution in [0.3, 0.4) is 0 Å². The second kappa shape index (κ2) is 8.85. The van der Waals surface area contributed by atoms with E-state index in [1.54, 1.807) is 0 Å². The minimum absolute atomic E-state index is 0.146. The first kappa shape index (κ1) is 27.2. The van der Waals surface area contributed by atoms with Gasteiger partial charge in [-0.25, -0.2) is 0 Å². The largest absolute Gasteiger partial charge is 0.547 e. The zero-order chi connectivity index (χ0) is 25.3. The molecule has 0 aliphatic heterocycles. The van der Waals surface area contributed by atoms with E-state index in [2.05, 4.69) is 78.8 Å². The number of fused-ring (bicyclic) bond motifs is 5. The zero-order valence-corrected chi connectivity index (χ0v) is 27.2. The summed E-state index contributed by atoms with van der Waals surface area (Å²) >= 11 is 0. The molecule has 0 amide bonds. The van der Waals surface area contributed by atoms with Gasteiger partial charge in [-0.3, -0.25) is 0 Å². The molecule has 6 heteroatoms. The Balaban J connectivity index is 1.64. The van der Waals surface area contributed by atoms with Crippen LogP contribution in [0, 0.1) is 34.5 Å². The summed E-state index contributed by atoms with van der Waals surface area (Å²) in [6.45, 7) is 26.4. The molecule has 3 nitrogen and oxygen atoms in total. The molecule has 196 valence electrons. The van der Waals surface area contributed by atoms with Crippen LogP contribution in [-0.2, 0) is 13.3 Å². The lowest BCUT2D eigenvalue weighted by Gasteiger charge is -2.63. The first-order chi connectivity index (χ1) is 15.4. The van der Waals surface area contributed by atoms with E-state index in [4.69, 9.17) is 13.3 Å². The van der Waals surface area contributed by atoms with E-state index in [9.17, 15) is 0 Å². The van der Waals surface area contributed by atoms with Gasteiger partial charge in [-0.15, -0.1) is 0 Å². The van der Waals surface area contributed by atoms with Crippen LogP contribution < -0.4 is 0 Å². The zero-order valence-electron chi connectivity index (χ0n) is 24.2. The molecule has 3 saturated carbocycles. The molecule has 34 heavy (non-hydrogen) atoms. The average Bonchev–Trinajstić information content (AvgIpc) is 2.93. The summed E-state index contributed by atoms with van der Waals surface area (Å²) in [5, 5.41) is 0. The van der Waals surface area contributed by atoms with Crippen LogP contribution in [0.15, 0.2) is 11.8 Å². The van der Waals surface area contributed by atoms with Gasteiger partial charge in [0.25, 0.3) is 0 Å². The summed E-state index contributed by atoms with van der Waals surface area (Å²) in [5.74, 6) is 4.27. The van der Waals surface area contributed by atoms with E-state index in [-0.39, 0.29) is 5.41 Å². The van der Waals surface area contributed by atoms with Gasteiger partial charge in [0.2, 0.25) is 8.32 Å². The fourth-order valence-electron chi connectivity index (χ4n) is 8.50. The van der Waals surface area contributed by atoms with Crippen LogP contribution in [0.1, 0.15) is 58.8 Å². The van der Waals surface area contributed by atoms with Crippen molar-refractivity contribution in [1.29, 1.82) is 0 Å². The molecule has 0 radical (unpaired) electrons. The fourth-order valence-corrected chi connectivity index (χ4v) is 11.8. The molecule has 0 saturated heterocycles. The third-order valence-corrected chi connectivity index (χ3v) is 12.4. The van der Waals surface area contributed by atoms with E-state index in [1.165, 1.54) is 44.3 Å². The van der Waals surface area contributed by atoms with Crippen molar-refractivity contribution in [3.63, 3.8) is 0 Å². The predicted octanol–water partition coefficient (Wildman–Crippen LogP) is 8.42. The van der Waals surface area contributed by atoms with Gasteiger partial charge in [0.05, 0.1) is 5.76 Å². The van der Waals surface area contributed by atoms with Crippen molar-refractivity contribution in [1.82, 2.24) is 0 Å². The molecular formula is C28H54O3Si3. The summed E-state index contributed by atoms with van der Waals surface area (Å²) in [6.07, 6.45) is 12.3. The number of allylic oxidation sites excluding steroid dienone is 2. The van der Waals surface area contributed by atoms with Crippen molar-refractivity contribution in [2.75, 3.05) is 0 Å². The van der Waals surface area contributed by atoms with Gasteiger partial charge < -0.3 is 13.3 Å². The van der Waals surface area contributed by atoms with Crippen molar-refractivity contribution < 1.29 is 13.3 Å². The van der Waals surface area contributed by atoms with E-state index in [0.717, 1.165) is 24.2 Å². The molecular weight excluding hydrogens is 469 g/mol. The lowest BCUT2D eigenvalue weighted by molar-refractivity contribution is -0.165. The van der Waals surface area contributed by atoms with E-state index >= 15 is 0 Å². The van der Waals surface area contributed by atoms with Crippen LogP contribution in [0.5, 0.6) is 0 Å². The molecule has 4 aliphatic rings. The maximum atomic E-state index is 7.16. The van der Waals surface area contributed by atoms with Gasteiger partial charge in [0.15, 0.2) is 16.6 Å². The summed E-state index contributed by atoms with van der Waals surface area (Å²) in [7, 11) is -4.81. The van der Waals surface area contributed by atoms with Gasteiger partial charge in [0.1, 0.15) is 0 Å². The molecule has 0 heterocycles. The smallest absolute Gasteiger partial charge is 0.241 e. The van der Waals surface area contributed by atoms with Crippen LogP contribution in [0.2, 0.25) is 58.9 Å². The van der Waals surface area contributed by atoms with Gasteiger partial charge in [-0.2, -0.15) is 0 Å². The minimum Gasteiger partial charge on any atom is -0.547 e. The highest BCUT2D eigenvalue weighted by Crippen LogP contribution is 2.67. The van der Waals surface area contributed by atoms with Crippen molar-refractivity contribution in [2.45, 2.75) is 130 Å². The Morgan fingerprint density at radius 3 is 2.06 bits per heavy atom. The SMILES string of the molecule is CC12C[C@@H](O[Si](C)(C)C)C3C(CCC4C[C@H](O[Si](C)(C)C)CCC43C)C1CC=C2O[Si](C)(C)C. The van der Waals surface area contributed by atoms with Crippen molar-refractivity contribution in [3.05, 3.63) is 11.8 Å². The normalized spacial score (nSPS) is 43.0. The highest BCUT2D eigenvalue weighted by Gasteiger charge is 2.63. The Morgan fingerprint density at radius 2 is 1.47 bits per heavy atom. The Morgan fingerprint density at radius 1 is 0.824 bits per heavy atom. The second-order valence-electron chi connectivity index (χ2n) is 15.6. The molecule has 6 unspecified atom stereocenters. The maximum absolute atomic E-state index is 7.16. The molecule has 3 fully saturated rings. The van der Waals surface area contributed by atoms with Gasteiger partial charge in [-0.05, 0) is 139 Å². The highest BCUT2D eigenvalue weighted by atomic mass is 28.4. The monoisotopic (exact) mass is 522 g/mol. The predicted molar refractivity (Wildman–Crippen MR) is 151 cm³/mol. The molecule has 4 rings (SSSR count). The third-order valence-electron chi connectivity index (χ3n) is 9.48. The molecule has 0 aromatic carbocycles. The topological polar surface area (TPSA) is 27.7 Å². The molecule has 0 aromatic heterocycles. The third kappa shape index (κ3) is 5.37. The molecule has 8 atom stereocenters. The standard InChI is InChI=1S/C28H54O3Si3/c1-27-17-16-21(29-32(3,4)5)18-20(27)12-13-22-23-14-15-25(31-34(9,10)11)28(23,2)19-24(26(22)27)30-33(6,7)8/h15,20-24,26H,12-14,16-19H2,1-11H3/t20?,21-,22?,23?,24-,26?,27?,28?/m1/s1. The van der Waals surface area contributed by atoms with Gasteiger partial charge in [-0.1, -0.05) is 13.8 Å². The summed E-state index contributed by atoms with van der Waals surface area (Å²) in [4.78, 5) is 0. The number of hydrogen-bond acceptors (Lipinski definition) is 3. The summed E-state index contributed by atoms with van der Waals surface area (Å²) in [5.41, 5.74) is 0.531. The lowest BCUT2D eigenvalue weighted by Crippen LogP contribution is -2.61. The maximum Gasteiger partial charge on any atom is 0.241 e. The Labute approximate surface area is 214 Å². The Kier molecular flexibility index (Phi) is 7.07. The van der Waals surface area contributed by atoms with E-state index in [0.29, 0.717) is 23.5 Å². The Bertz CT molecular complexity index is 792. The quantitative estimate of drug-likeness (QED) is 0.328. The molecule has 0 aromatic rings. The van der Waals surface area contributed by atoms with Crippen LogP contribution >= 0.6 is 0 Å². The van der Waals surface area contributed by atoms with Crippen molar-refractivity contribution in [3.8, 4) is 0 Å². The number of hydrogen-bond donors (Lipinski definition) is 0. The molecule has 0 N–H and O–H groups in total. The minimum atomic E-state index is -1.67. The van der Waals surface area contributed by atoms with E-state index < -0.39 is 25.0 Å². The molecule has 0 spiro atoms. The molecule has 0 bridgehead atoms. The Hall–Kier alpha value is 0.111. The highest BCUT2D eigenvalue weighted by molar-refractivity contribution is 6.70. The lowest BCUT2D eigenvalue weighted by atomic mass is 9.44. The summed E-state index contributed by atoms with van der Waals surface area (Å²) < 4.78 is 20.6. The number of rotatable bonds is 6. The van der Waals surface area contributed by atoms with Crippen LogP contribution in [-0.4, -0.2) is 37.2 Å².